The van der Waals surface area contributed by atoms with E-state index >= 15 is 0 Å². The molecular weight excluding hydrogens is 234 g/mol. The van der Waals surface area contributed by atoms with E-state index in [-0.39, 0.29) is 0 Å². The Hall–Kier alpha value is -1.80. The third-order valence-corrected chi connectivity index (χ3v) is 2.95. The minimum atomic E-state index is -0.479. The van der Waals surface area contributed by atoms with Crippen molar-refractivity contribution < 1.29 is 4.79 Å². The maximum Gasteiger partial charge on any atom is 0.248 e. The van der Waals surface area contributed by atoms with Crippen molar-refractivity contribution in [1.82, 2.24) is 0 Å². The lowest BCUT2D eigenvalue weighted by atomic mass is 10.1. The molecule has 0 aliphatic carbocycles. The van der Waals surface area contributed by atoms with Gasteiger partial charge in [0.1, 0.15) is 0 Å². The van der Waals surface area contributed by atoms with Crippen molar-refractivity contribution in [1.29, 1.82) is 0 Å². The number of hydrogen-bond acceptors (Lipinski definition) is 4. The Morgan fingerprint density at radius 3 is 2.88 bits per heavy atom. The number of hydrogen-bond donors (Lipinski definition) is 3. The Kier molecular flexibility index (Phi) is 5.24. The number of thioether (sulfide) groups is 1. The van der Waals surface area contributed by atoms with Gasteiger partial charge < -0.3 is 16.8 Å². The maximum atomic E-state index is 10.9. The van der Waals surface area contributed by atoms with Crippen LogP contribution in [0, 0.1) is 12.3 Å². The number of nitrogens with two attached hydrogens (primary N) is 2. The third kappa shape index (κ3) is 4.29. The van der Waals surface area contributed by atoms with Gasteiger partial charge in [0.15, 0.2) is 0 Å². The Morgan fingerprint density at radius 1 is 1.53 bits per heavy atom. The third-order valence-electron chi connectivity index (χ3n) is 2.08. The van der Waals surface area contributed by atoms with Crippen molar-refractivity contribution in [3.8, 4) is 12.3 Å². The first-order valence-electron chi connectivity index (χ1n) is 5.09. The molecule has 0 unspecified atom stereocenters. The number of anilines is 2. The smallest absolute Gasteiger partial charge is 0.248 e. The zero-order chi connectivity index (χ0) is 12.7. The molecule has 1 aromatic rings. The number of benzene rings is 1. The molecule has 0 spiro atoms. The van der Waals surface area contributed by atoms with Crippen molar-refractivity contribution in [3.63, 3.8) is 0 Å². The fourth-order valence-electron chi connectivity index (χ4n) is 1.27. The van der Waals surface area contributed by atoms with Crippen LogP contribution in [0.4, 0.5) is 11.4 Å². The number of nitrogens with one attached hydrogen (secondary N) is 1. The van der Waals surface area contributed by atoms with E-state index in [0.717, 1.165) is 18.0 Å². The van der Waals surface area contributed by atoms with Crippen LogP contribution < -0.4 is 16.8 Å². The molecule has 0 aliphatic rings. The van der Waals surface area contributed by atoms with Crippen molar-refractivity contribution in [3.05, 3.63) is 23.8 Å². The fourth-order valence-corrected chi connectivity index (χ4v) is 1.77. The highest BCUT2D eigenvalue weighted by atomic mass is 32.2. The van der Waals surface area contributed by atoms with E-state index in [1.54, 1.807) is 30.0 Å². The standard InChI is InChI=1S/C12H15N3OS/c1-2-6-17-7-5-15-11-4-3-9(12(14)16)8-10(11)13/h1,3-4,8,15H,5-7,13H2,(H2,14,16). The molecule has 0 radical (unpaired) electrons. The van der Waals surface area contributed by atoms with E-state index in [2.05, 4.69) is 11.2 Å². The molecule has 0 saturated heterocycles. The summed E-state index contributed by atoms with van der Waals surface area (Å²) < 4.78 is 0. The summed E-state index contributed by atoms with van der Waals surface area (Å²) in [5.41, 5.74) is 12.7. The van der Waals surface area contributed by atoms with Crippen molar-refractivity contribution >= 4 is 29.0 Å². The monoisotopic (exact) mass is 249 g/mol. The van der Waals surface area contributed by atoms with Crippen LogP contribution in [0.5, 0.6) is 0 Å². The van der Waals surface area contributed by atoms with Crippen LogP contribution in [0.1, 0.15) is 10.4 Å². The first-order chi connectivity index (χ1) is 8.15. The van der Waals surface area contributed by atoms with Gasteiger partial charge in [-0.15, -0.1) is 18.2 Å². The van der Waals surface area contributed by atoms with E-state index in [4.69, 9.17) is 17.9 Å². The Balaban J connectivity index is 2.50. The molecule has 1 aromatic carbocycles. The summed E-state index contributed by atoms with van der Waals surface area (Å²) >= 11 is 1.67. The average Bonchev–Trinajstić information content (AvgIpc) is 2.30. The molecule has 1 rings (SSSR count). The van der Waals surface area contributed by atoms with Crippen LogP contribution in [0.25, 0.3) is 0 Å². The number of carbonyl (C=O) groups is 1. The molecule has 90 valence electrons. The fraction of sp³-hybridized carbons (Fsp3) is 0.250. The second-order valence-electron chi connectivity index (χ2n) is 3.35. The largest absolute Gasteiger partial charge is 0.397 e. The molecule has 1 amide bonds. The summed E-state index contributed by atoms with van der Waals surface area (Å²) in [5.74, 6) is 3.69. The molecule has 17 heavy (non-hydrogen) atoms. The second kappa shape index (κ2) is 6.71. The normalized spacial score (nSPS) is 9.59. The number of amides is 1. The van der Waals surface area contributed by atoms with Gasteiger partial charge in [-0.1, -0.05) is 5.92 Å². The average molecular weight is 249 g/mol. The molecule has 0 aliphatic heterocycles. The van der Waals surface area contributed by atoms with Crippen molar-refractivity contribution in [2.24, 2.45) is 5.73 Å². The van der Waals surface area contributed by atoms with Gasteiger partial charge >= 0.3 is 0 Å². The molecule has 4 nitrogen and oxygen atoms in total. The number of primary amides is 1. The van der Waals surface area contributed by atoms with Crippen LogP contribution in [-0.4, -0.2) is 24.0 Å². The lowest BCUT2D eigenvalue weighted by molar-refractivity contribution is 0.100. The zero-order valence-electron chi connectivity index (χ0n) is 9.40. The van der Waals surface area contributed by atoms with Gasteiger partial charge in [-0.05, 0) is 18.2 Å². The van der Waals surface area contributed by atoms with Gasteiger partial charge in [0, 0.05) is 17.9 Å². The lowest BCUT2D eigenvalue weighted by Crippen LogP contribution is -2.12. The van der Waals surface area contributed by atoms with Crippen LogP contribution in [-0.2, 0) is 0 Å². The van der Waals surface area contributed by atoms with Gasteiger partial charge in [-0.3, -0.25) is 4.79 Å². The highest BCUT2D eigenvalue weighted by Gasteiger charge is 2.04. The SMILES string of the molecule is C#CCSCCNc1ccc(C(N)=O)cc1N. The maximum absolute atomic E-state index is 10.9. The summed E-state index contributed by atoms with van der Waals surface area (Å²) in [7, 11) is 0. The lowest BCUT2D eigenvalue weighted by Gasteiger charge is -2.09. The molecule has 5 heteroatoms. The Morgan fingerprint density at radius 2 is 2.29 bits per heavy atom. The highest BCUT2D eigenvalue weighted by Crippen LogP contribution is 2.19. The van der Waals surface area contributed by atoms with Gasteiger partial charge in [-0.2, -0.15) is 0 Å². The van der Waals surface area contributed by atoms with Crippen LogP contribution in [0.15, 0.2) is 18.2 Å². The molecule has 0 heterocycles. The van der Waals surface area contributed by atoms with E-state index in [1.165, 1.54) is 0 Å². The van der Waals surface area contributed by atoms with E-state index in [9.17, 15) is 4.79 Å². The molecule has 0 atom stereocenters. The molecule has 0 aromatic heterocycles. The molecule has 0 bridgehead atoms. The summed E-state index contributed by atoms with van der Waals surface area (Å²) in [4.78, 5) is 10.9. The molecule has 0 fully saturated rings. The number of rotatable bonds is 6. The Bertz CT molecular complexity index is 440. The first-order valence-corrected chi connectivity index (χ1v) is 6.25. The number of carbonyl (C=O) groups excluding carboxylic acids is 1. The van der Waals surface area contributed by atoms with Crippen LogP contribution in [0.3, 0.4) is 0 Å². The topological polar surface area (TPSA) is 81.1 Å². The van der Waals surface area contributed by atoms with Crippen molar-refractivity contribution in [2.45, 2.75) is 0 Å². The predicted molar refractivity (Wildman–Crippen MR) is 74.0 cm³/mol. The summed E-state index contributed by atoms with van der Waals surface area (Å²) in [6.45, 7) is 0.770. The minimum Gasteiger partial charge on any atom is -0.397 e. The summed E-state index contributed by atoms with van der Waals surface area (Å²) in [6, 6.07) is 4.97. The van der Waals surface area contributed by atoms with Gasteiger partial charge in [-0.25, -0.2) is 0 Å². The van der Waals surface area contributed by atoms with E-state index < -0.39 is 5.91 Å². The van der Waals surface area contributed by atoms with Crippen LogP contribution >= 0.6 is 11.8 Å². The number of nitrogen functional groups attached to an aromatic ring is 1. The van der Waals surface area contributed by atoms with E-state index in [0.29, 0.717) is 17.0 Å². The second-order valence-corrected chi connectivity index (χ2v) is 4.45. The first kappa shape index (κ1) is 13.3. The Labute approximate surface area is 105 Å². The van der Waals surface area contributed by atoms with E-state index in [1.807, 2.05) is 0 Å². The number of terminal acetylenes is 1. The van der Waals surface area contributed by atoms with Crippen LogP contribution in [0.2, 0.25) is 0 Å². The molecule has 0 saturated carbocycles. The van der Waals surface area contributed by atoms with Crippen molar-refractivity contribution in [2.75, 3.05) is 29.1 Å². The van der Waals surface area contributed by atoms with Gasteiger partial charge in [0.05, 0.1) is 17.1 Å². The zero-order valence-corrected chi connectivity index (χ0v) is 10.2. The predicted octanol–water partition coefficient (Wildman–Crippen LogP) is 1.15. The summed E-state index contributed by atoms with van der Waals surface area (Å²) in [6.07, 6.45) is 5.14. The minimum absolute atomic E-state index is 0.412. The van der Waals surface area contributed by atoms with Gasteiger partial charge in [0.25, 0.3) is 0 Å². The summed E-state index contributed by atoms with van der Waals surface area (Å²) in [5, 5.41) is 3.17. The highest BCUT2D eigenvalue weighted by molar-refractivity contribution is 7.99. The molecular formula is C12H15N3OS. The molecule has 5 N–H and O–H groups in total. The van der Waals surface area contributed by atoms with Gasteiger partial charge in [0.2, 0.25) is 5.91 Å². The quantitative estimate of drug-likeness (QED) is 0.401.